The highest BCUT2D eigenvalue weighted by atomic mass is 32.1. The van der Waals surface area contributed by atoms with Gasteiger partial charge in [0.1, 0.15) is 0 Å². The van der Waals surface area contributed by atoms with Gasteiger partial charge in [-0.15, -0.1) is 0 Å². The first-order chi connectivity index (χ1) is 8.25. The molecule has 0 aliphatic rings. The Kier molecular flexibility index (Phi) is 3.67. The second kappa shape index (κ2) is 5.41. The Morgan fingerprint density at radius 1 is 1.47 bits per heavy atom. The lowest BCUT2D eigenvalue weighted by molar-refractivity contribution is -0.111. The highest BCUT2D eigenvalue weighted by Crippen LogP contribution is 2.12. The smallest absolute Gasteiger partial charge is 0.248 e. The highest BCUT2D eigenvalue weighted by molar-refractivity contribution is 7.08. The van der Waals surface area contributed by atoms with Crippen molar-refractivity contribution in [2.24, 2.45) is 0 Å². The van der Waals surface area contributed by atoms with Crippen molar-refractivity contribution in [1.82, 2.24) is 4.98 Å². The first-order valence-corrected chi connectivity index (χ1v) is 6.12. The fourth-order valence-corrected chi connectivity index (χ4v) is 1.96. The molecule has 2 aromatic rings. The summed E-state index contributed by atoms with van der Waals surface area (Å²) in [5.74, 6) is -0.134. The van der Waals surface area contributed by atoms with E-state index in [1.165, 1.54) is 6.08 Å². The Labute approximate surface area is 104 Å². The van der Waals surface area contributed by atoms with Crippen LogP contribution in [0.1, 0.15) is 11.1 Å². The molecule has 0 saturated heterocycles. The average Bonchev–Trinajstić information content (AvgIpc) is 2.82. The molecule has 17 heavy (non-hydrogen) atoms. The zero-order valence-corrected chi connectivity index (χ0v) is 10.2. The van der Waals surface area contributed by atoms with Gasteiger partial charge in [0, 0.05) is 24.2 Å². The number of rotatable bonds is 3. The van der Waals surface area contributed by atoms with Crippen molar-refractivity contribution in [2.45, 2.75) is 6.92 Å². The molecular formula is C13H12N2OS. The molecule has 0 atom stereocenters. The fourth-order valence-electron chi connectivity index (χ4n) is 1.33. The normalized spacial score (nSPS) is 10.6. The van der Waals surface area contributed by atoms with Crippen molar-refractivity contribution >= 4 is 29.0 Å². The van der Waals surface area contributed by atoms with E-state index in [2.05, 4.69) is 10.3 Å². The topological polar surface area (TPSA) is 42.0 Å². The third-order valence-electron chi connectivity index (χ3n) is 2.25. The summed E-state index contributed by atoms with van der Waals surface area (Å²) in [6, 6.07) is 3.75. The van der Waals surface area contributed by atoms with Gasteiger partial charge < -0.3 is 5.32 Å². The minimum absolute atomic E-state index is 0.134. The molecule has 2 aromatic heterocycles. The second-order valence-electron chi connectivity index (χ2n) is 3.57. The molecule has 1 amide bonds. The lowest BCUT2D eigenvalue weighted by atomic mass is 10.2. The molecule has 0 bridgehead atoms. The number of carbonyl (C=O) groups is 1. The fraction of sp³-hybridized carbons (Fsp3) is 0.0769. The van der Waals surface area contributed by atoms with Crippen LogP contribution in [0.5, 0.6) is 0 Å². The molecule has 0 radical (unpaired) electrons. The number of aromatic nitrogens is 1. The Bertz CT molecular complexity index is 532. The summed E-state index contributed by atoms with van der Waals surface area (Å²) in [6.45, 7) is 1.91. The van der Waals surface area contributed by atoms with Gasteiger partial charge in [0.2, 0.25) is 5.91 Å². The molecule has 0 unspecified atom stereocenters. The van der Waals surface area contributed by atoms with Gasteiger partial charge in [-0.3, -0.25) is 9.78 Å². The summed E-state index contributed by atoms with van der Waals surface area (Å²) < 4.78 is 0. The van der Waals surface area contributed by atoms with Crippen LogP contribution in [-0.2, 0) is 4.79 Å². The molecule has 4 heteroatoms. The molecule has 2 rings (SSSR count). The van der Waals surface area contributed by atoms with Crippen LogP contribution in [-0.4, -0.2) is 10.9 Å². The maximum Gasteiger partial charge on any atom is 0.248 e. The van der Waals surface area contributed by atoms with E-state index in [-0.39, 0.29) is 5.91 Å². The molecule has 0 aliphatic heterocycles. The van der Waals surface area contributed by atoms with E-state index in [1.807, 2.05) is 23.8 Å². The zero-order valence-electron chi connectivity index (χ0n) is 9.38. The Balaban J connectivity index is 2.01. The lowest BCUT2D eigenvalue weighted by Crippen LogP contribution is -2.08. The van der Waals surface area contributed by atoms with Crippen LogP contribution in [0.25, 0.3) is 6.08 Å². The number of nitrogens with zero attached hydrogens (tertiary/aromatic N) is 1. The first-order valence-electron chi connectivity index (χ1n) is 5.17. The number of aryl methyl sites for hydroxylation is 1. The Hall–Kier alpha value is -1.94. The first kappa shape index (κ1) is 11.5. The van der Waals surface area contributed by atoms with Crippen molar-refractivity contribution in [3.05, 3.63) is 52.5 Å². The molecule has 0 fully saturated rings. The summed E-state index contributed by atoms with van der Waals surface area (Å²) in [5.41, 5.74) is 2.78. The molecule has 86 valence electrons. The van der Waals surface area contributed by atoms with E-state index >= 15 is 0 Å². The minimum atomic E-state index is -0.134. The predicted octanol–water partition coefficient (Wildman–Crippen LogP) is 3.10. The summed E-state index contributed by atoms with van der Waals surface area (Å²) >= 11 is 1.61. The molecule has 0 aromatic carbocycles. The van der Waals surface area contributed by atoms with Crippen molar-refractivity contribution < 1.29 is 4.79 Å². The molecule has 1 N–H and O–H groups in total. The van der Waals surface area contributed by atoms with Gasteiger partial charge in [-0.25, -0.2) is 0 Å². The van der Waals surface area contributed by atoms with E-state index < -0.39 is 0 Å². The molecule has 0 aliphatic carbocycles. The molecular weight excluding hydrogens is 232 g/mol. The largest absolute Gasteiger partial charge is 0.322 e. The zero-order chi connectivity index (χ0) is 12.1. The number of hydrogen-bond acceptors (Lipinski definition) is 3. The lowest BCUT2D eigenvalue weighted by Gasteiger charge is -2.04. The summed E-state index contributed by atoms with van der Waals surface area (Å²) in [4.78, 5) is 15.6. The van der Waals surface area contributed by atoms with Gasteiger partial charge >= 0.3 is 0 Å². The van der Waals surface area contributed by atoms with Crippen LogP contribution in [0.4, 0.5) is 5.69 Å². The number of hydrogen-bond donors (Lipinski definition) is 1. The van der Waals surface area contributed by atoms with E-state index in [9.17, 15) is 4.79 Å². The maximum atomic E-state index is 11.6. The quantitative estimate of drug-likeness (QED) is 0.843. The Morgan fingerprint density at radius 3 is 3.06 bits per heavy atom. The van der Waals surface area contributed by atoms with Crippen LogP contribution in [0.2, 0.25) is 0 Å². The highest BCUT2D eigenvalue weighted by Gasteiger charge is 2.00. The summed E-state index contributed by atoms with van der Waals surface area (Å²) in [5, 5.41) is 6.77. The van der Waals surface area contributed by atoms with Gasteiger partial charge in [0.25, 0.3) is 0 Å². The van der Waals surface area contributed by atoms with E-state index in [0.717, 1.165) is 16.8 Å². The monoisotopic (exact) mass is 244 g/mol. The molecule has 2 heterocycles. The van der Waals surface area contributed by atoms with Crippen LogP contribution in [0.3, 0.4) is 0 Å². The van der Waals surface area contributed by atoms with Gasteiger partial charge in [-0.2, -0.15) is 11.3 Å². The van der Waals surface area contributed by atoms with Crippen molar-refractivity contribution in [1.29, 1.82) is 0 Å². The second-order valence-corrected chi connectivity index (χ2v) is 4.35. The van der Waals surface area contributed by atoms with Crippen LogP contribution >= 0.6 is 11.3 Å². The number of thiophene rings is 1. The van der Waals surface area contributed by atoms with Gasteiger partial charge in [0.05, 0.1) is 0 Å². The van der Waals surface area contributed by atoms with Gasteiger partial charge in [-0.1, -0.05) is 0 Å². The predicted molar refractivity (Wildman–Crippen MR) is 71.0 cm³/mol. The van der Waals surface area contributed by atoms with E-state index in [0.29, 0.717) is 0 Å². The number of carbonyl (C=O) groups excluding carboxylic acids is 1. The number of amides is 1. The molecule has 3 nitrogen and oxygen atoms in total. The van der Waals surface area contributed by atoms with Crippen LogP contribution in [0, 0.1) is 6.92 Å². The van der Waals surface area contributed by atoms with Crippen LogP contribution < -0.4 is 5.32 Å². The summed E-state index contributed by atoms with van der Waals surface area (Å²) in [7, 11) is 0. The molecule has 0 spiro atoms. The SMILES string of the molecule is Cc1cnccc1NC(=O)C=Cc1ccsc1. The Morgan fingerprint density at radius 2 is 2.35 bits per heavy atom. The third kappa shape index (κ3) is 3.26. The third-order valence-corrected chi connectivity index (χ3v) is 2.95. The van der Waals surface area contributed by atoms with E-state index in [4.69, 9.17) is 0 Å². The number of pyridine rings is 1. The van der Waals surface area contributed by atoms with Gasteiger partial charge in [0.15, 0.2) is 0 Å². The van der Waals surface area contributed by atoms with Crippen molar-refractivity contribution in [2.75, 3.05) is 5.32 Å². The average molecular weight is 244 g/mol. The van der Waals surface area contributed by atoms with Crippen molar-refractivity contribution in [3.8, 4) is 0 Å². The maximum absolute atomic E-state index is 11.6. The minimum Gasteiger partial charge on any atom is -0.322 e. The van der Waals surface area contributed by atoms with Crippen LogP contribution in [0.15, 0.2) is 41.4 Å². The van der Waals surface area contributed by atoms with Crippen molar-refractivity contribution in [3.63, 3.8) is 0 Å². The molecule has 0 saturated carbocycles. The standard InChI is InChI=1S/C13H12N2OS/c1-10-8-14-6-4-12(10)15-13(16)3-2-11-5-7-17-9-11/h2-9H,1H3,(H,14,15,16). The van der Waals surface area contributed by atoms with Gasteiger partial charge in [-0.05, 0) is 47.0 Å². The van der Waals surface area contributed by atoms with E-state index in [1.54, 1.807) is 35.9 Å². The summed E-state index contributed by atoms with van der Waals surface area (Å²) in [6.07, 6.45) is 6.70. The number of anilines is 1. The number of nitrogens with one attached hydrogen (secondary N) is 1.